The summed E-state index contributed by atoms with van der Waals surface area (Å²) < 4.78 is 0. The van der Waals surface area contributed by atoms with E-state index >= 15 is 0 Å². The summed E-state index contributed by atoms with van der Waals surface area (Å²) in [5.41, 5.74) is 1.21. The highest BCUT2D eigenvalue weighted by Crippen LogP contribution is 2.28. The summed E-state index contributed by atoms with van der Waals surface area (Å²) >= 11 is 1.69. The lowest BCUT2D eigenvalue weighted by Gasteiger charge is -2.36. The molecule has 0 aliphatic carbocycles. The summed E-state index contributed by atoms with van der Waals surface area (Å²) in [6, 6.07) is 2.54. The molecule has 1 N–H and O–H groups in total. The maximum atomic E-state index is 12.4. The minimum absolute atomic E-state index is 0.0547. The Morgan fingerprint density at radius 2 is 2.30 bits per heavy atom. The molecule has 3 rings (SSSR count). The first-order valence-electron chi connectivity index (χ1n) is 7.45. The third kappa shape index (κ3) is 2.62. The van der Waals surface area contributed by atoms with Crippen LogP contribution >= 0.6 is 11.3 Å². The molecule has 0 bridgehead atoms. The standard InChI is InChI=1S/C15H23N3OS/c1-11-15(19)18(9-13-5-3-4-7-17(13)2)14(16-11)12-6-8-20-10-12/h6,8,10-11,13-14,16H,3-5,7,9H2,1-2H3. The number of hydrogen-bond donors (Lipinski definition) is 1. The number of hydrogen-bond acceptors (Lipinski definition) is 4. The third-order valence-electron chi connectivity index (χ3n) is 4.56. The molecule has 2 saturated heterocycles. The molecule has 2 aliphatic rings. The van der Waals surface area contributed by atoms with Crippen LogP contribution in [-0.2, 0) is 4.79 Å². The van der Waals surface area contributed by atoms with E-state index in [9.17, 15) is 4.79 Å². The molecule has 110 valence electrons. The van der Waals surface area contributed by atoms with Crippen LogP contribution in [0.15, 0.2) is 16.8 Å². The minimum atomic E-state index is -0.0752. The monoisotopic (exact) mass is 293 g/mol. The molecule has 2 fully saturated rings. The van der Waals surface area contributed by atoms with Crippen LogP contribution in [0.1, 0.15) is 37.9 Å². The Kier molecular flexibility index (Phi) is 4.10. The zero-order chi connectivity index (χ0) is 14.1. The largest absolute Gasteiger partial charge is 0.320 e. The third-order valence-corrected chi connectivity index (χ3v) is 5.26. The summed E-state index contributed by atoms with van der Waals surface area (Å²) in [5, 5.41) is 7.64. The zero-order valence-electron chi connectivity index (χ0n) is 12.2. The first-order chi connectivity index (χ1) is 9.66. The molecule has 0 spiro atoms. The molecule has 0 radical (unpaired) electrons. The molecule has 5 heteroatoms. The second-order valence-electron chi connectivity index (χ2n) is 5.97. The van der Waals surface area contributed by atoms with E-state index in [1.165, 1.54) is 24.8 Å². The number of piperidine rings is 1. The highest BCUT2D eigenvalue weighted by Gasteiger charge is 2.39. The second-order valence-corrected chi connectivity index (χ2v) is 6.75. The predicted molar refractivity (Wildman–Crippen MR) is 81.6 cm³/mol. The summed E-state index contributed by atoms with van der Waals surface area (Å²) in [5.74, 6) is 0.236. The maximum Gasteiger partial charge on any atom is 0.241 e. The lowest BCUT2D eigenvalue weighted by atomic mass is 10.0. The quantitative estimate of drug-likeness (QED) is 0.926. The predicted octanol–water partition coefficient (Wildman–Crippen LogP) is 2.05. The van der Waals surface area contributed by atoms with Crippen molar-refractivity contribution < 1.29 is 4.79 Å². The van der Waals surface area contributed by atoms with E-state index in [0.29, 0.717) is 6.04 Å². The van der Waals surface area contributed by atoms with Crippen molar-refractivity contribution in [2.75, 3.05) is 20.1 Å². The molecular formula is C15H23N3OS. The van der Waals surface area contributed by atoms with Gasteiger partial charge in [-0.1, -0.05) is 6.42 Å². The molecule has 1 aromatic rings. The van der Waals surface area contributed by atoms with Crippen molar-refractivity contribution in [2.45, 2.75) is 44.4 Å². The van der Waals surface area contributed by atoms with Crippen molar-refractivity contribution in [2.24, 2.45) is 0 Å². The maximum absolute atomic E-state index is 12.4. The van der Waals surface area contributed by atoms with Gasteiger partial charge in [0.05, 0.1) is 6.04 Å². The molecule has 1 amide bonds. The van der Waals surface area contributed by atoms with E-state index in [4.69, 9.17) is 0 Å². The van der Waals surface area contributed by atoms with Crippen molar-refractivity contribution >= 4 is 17.2 Å². The normalized spacial score (nSPS) is 32.0. The van der Waals surface area contributed by atoms with Crippen LogP contribution in [0.2, 0.25) is 0 Å². The van der Waals surface area contributed by atoms with Crippen LogP contribution in [0.5, 0.6) is 0 Å². The first-order valence-corrected chi connectivity index (χ1v) is 8.40. The Labute approximate surface area is 124 Å². The van der Waals surface area contributed by atoms with E-state index in [2.05, 4.69) is 34.1 Å². The van der Waals surface area contributed by atoms with Crippen molar-refractivity contribution in [3.8, 4) is 0 Å². The molecule has 4 nitrogen and oxygen atoms in total. The fourth-order valence-electron chi connectivity index (χ4n) is 3.28. The van der Waals surface area contributed by atoms with Crippen LogP contribution in [0, 0.1) is 0 Å². The minimum Gasteiger partial charge on any atom is -0.320 e. The van der Waals surface area contributed by atoms with Gasteiger partial charge in [0.2, 0.25) is 5.91 Å². The van der Waals surface area contributed by atoms with Crippen molar-refractivity contribution in [1.29, 1.82) is 0 Å². The lowest BCUT2D eigenvalue weighted by Crippen LogP contribution is -2.46. The van der Waals surface area contributed by atoms with Crippen LogP contribution < -0.4 is 5.32 Å². The van der Waals surface area contributed by atoms with Crippen LogP contribution in [0.4, 0.5) is 0 Å². The van der Waals surface area contributed by atoms with E-state index in [1.54, 1.807) is 11.3 Å². The molecule has 3 heterocycles. The van der Waals surface area contributed by atoms with Gasteiger partial charge in [0.1, 0.15) is 6.17 Å². The number of nitrogens with one attached hydrogen (secondary N) is 1. The number of amides is 1. The van der Waals surface area contributed by atoms with Gasteiger partial charge >= 0.3 is 0 Å². The number of carbonyl (C=O) groups excluding carboxylic acids is 1. The van der Waals surface area contributed by atoms with Gasteiger partial charge in [0, 0.05) is 12.6 Å². The fourth-order valence-corrected chi connectivity index (χ4v) is 3.96. The molecule has 20 heavy (non-hydrogen) atoms. The highest BCUT2D eigenvalue weighted by atomic mass is 32.1. The Bertz CT molecular complexity index is 462. The Morgan fingerprint density at radius 3 is 3.00 bits per heavy atom. The summed E-state index contributed by atoms with van der Waals surface area (Å²) in [7, 11) is 2.18. The van der Waals surface area contributed by atoms with Crippen molar-refractivity contribution in [1.82, 2.24) is 15.1 Å². The van der Waals surface area contributed by atoms with Crippen molar-refractivity contribution in [3.05, 3.63) is 22.4 Å². The number of carbonyl (C=O) groups is 1. The van der Waals surface area contributed by atoms with Gasteiger partial charge < -0.3 is 9.80 Å². The summed E-state index contributed by atoms with van der Waals surface area (Å²) in [6.45, 7) is 3.96. The molecule has 2 aliphatic heterocycles. The van der Waals surface area contributed by atoms with Crippen LogP contribution in [-0.4, -0.2) is 47.9 Å². The average molecular weight is 293 g/mol. The molecule has 1 aromatic heterocycles. The van der Waals surface area contributed by atoms with E-state index in [1.807, 2.05) is 11.8 Å². The van der Waals surface area contributed by atoms with Gasteiger partial charge in [-0.05, 0) is 55.7 Å². The molecule has 3 unspecified atom stereocenters. The van der Waals surface area contributed by atoms with Crippen molar-refractivity contribution in [3.63, 3.8) is 0 Å². The van der Waals surface area contributed by atoms with Crippen LogP contribution in [0.3, 0.4) is 0 Å². The lowest BCUT2D eigenvalue weighted by molar-refractivity contribution is -0.130. The fraction of sp³-hybridized carbons (Fsp3) is 0.667. The van der Waals surface area contributed by atoms with E-state index < -0.39 is 0 Å². The topological polar surface area (TPSA) is 35.6 Å². The molecular weight excluding hydrogens is 270 g/mol. The van der Waals surface area contributed by atoms with Gasteiger partial charge in [0.25, 0.3) is 0 Å². The number of thiophene rings is 1. The van der Waals surface area contributed by atoms with Crippen LogP contribution in [0.25, 0.3) is 0 Å². The zero-order valence-corrected chi connectivity index (χ0v) is 13.0. The Hall–Kier alpha value is -0.910. The van der Waals surface area contributed by atoms with Gasteiger partial charge in [-0.25, -0.2) is 0 Å². The molecule has 0 saturated carbocycles. The molecule has 3 atom stereocenters. The van der Waals surface area contributed by atoms with Gasteiger partial charge in [-0.3, -0.25) is 10.1 Å². The number of likely N-dealkylation sites (N-methyl/N-ethyl adjacent to an activating group) is 1. The smallest absolute Gasteiger partial charge is 0.241 e. The number of rotatable bonds is 3. The van der Waals surface area contributed by atoms with E-state index in [-0.39, 0.29) is 18.1 Å². The Morgan fingerprint density at radius 1 is 1.45 bits per heavy atom. The number of likely N-dealkylation sites (tertiary alicyclic amines) is 1. The Balaban J connectivity index is 1.76. The van der Waals surface area contributed by atoms with Gasteiger partial charge in [-0.15, -0.1) is 0 Å². The van der Waals surface area contributed by atoms with Gasteiger partial charge in [-0.2, -0.15) is 11.3 Å². The first kappa shape index (κ1) is 14.0. The molecule has 0 aromatic carbocycles. The van der Waals surface area contributed by atoms with E-state index in [0.717, 1.165) is 13.1 Å². The number of nitrogens with zero attached hydrogens (tertiary/aromatic N) is 2. The summed E-state index contributed by atoms with van der Waals surface area (Å²) in [6.07, 6.45) is 3.82. The van der Waals surface area contributed by atoms with Gasteiger partial charge in [0.15, 0.2) is 0 Å². The SMILES string of the molecule is CC1NC(c2ccsc2)N(CC2CCCCN2C)C1=O. The highest BCUT2D eigenvalue weighted by molar-refractivity contribution is 7.07. The second kappa shape index (κ2) is 5.84. The summed E-state index contributed by atoms with van der Waals surface area (Å²) in [4.78, 5) is 16.9. The average Bonchev–Trinajstić information content (AvgIpc) is 3.05.